The summed E-state index contributed by atoms with van der Waals surface area (Å²) >= 11 is 2.79. The molecule has 1 atom stereocenters. The summed E-state index contributed by atoms with van der Waals surface area (Å²) in [6, 6.07) is 15.4. The Balaban J connectivity index is 1.31. The Labute approximate surface area is 206 Å². The molecular formula is C24H26N4O4S2. The standard InChI is InChI=1S/C24H26N4O4S2/c1-3-16(2)28(22(30)14-33-18-7-5-4-6-8-18)12-11-21(29)25-24-27-26-23(34-24)17-9-10-19-20(13-17)32-15-31-19/h4-10,13,16H,3,11-12,14-15H2,1-2H3,(H,25,27,29). The lowest BCUT2D eigenvalue weighted by Crippen LogP contribution is -2.41. The van der Waals surface area contributed by atoms with E-state index in [-0.39, 0.29) is 31.1 Å². The predicted molar refractivity (Wildman–Crippen MR) is 133 cm³/mol. The first-order valence-electron chi connectivity index (χ1n) is 11.0. The van der Waals surface area contributed by atoms with Crippen LogP contribution in [-0.2, 0) is 9.59 Å². The van der Waals surface area contributed by atoms with Gasteiger partial charge in [-0.3, -0.25) is 9.59 Å². The van der Waals surface area contributed by atoms with Gasteiger partial charge in [0, 0.05) is 29.5 Å². The number of benzene rings is 2. The van der Waals surface area contributed by atoms with E-state index in [1.807, 2.05) is 62.4 Å². The molecule has 8 nitrogen and oxygen atoms in total. The smallest absolute Gasteiger partial charge is 0.233 e. The first kappa shape index (κ1) is 24.0. The third-order valence-corrected chi connectivity index (χ3v) is 7.30. The minimum Gasteiger partial charge on any atom is -0.454 e. The highest BCUT2D eigenvalue weighted by Crippen LogP contribution is 2.37. The largest absolute Gasteiger partial charge is 0.454 e. The van der Waals surface area contributed by atoms with Crippen molar-refractivity contribution in [3.8, 4) is 22.1 Å². The molecule has 2 aromatic carbocycles. The van der Waals surface area contributed by atoms with E-state index in [9.17, 15) is 9.59 Å². The number of hydrogen-bond donors (Lipinski definition) is 1. The van der Waals surface area contributed by atoms with Crippen molar-refractivity contribution in [3.63, 3.8) is 0 Å². The molecule has 0 fully saturated rings. The molecule has 1 aliphatic heterocycles. The quantitative estimate of drug-likeness (QED) is 0.406. The second-order valence-corrected chi connectivity index (χ2v) is 9.75. The highest BCUT2D eigenvalue weighted by molar-refractivity contribution is 8.00. The highest BCUT2D eigenvalue weighted by Gasteiger charge is 2.21. The number of nitrogens with one attached hydrogen (secondary N) is 1. The maximum Gasteiger partial charge on any atom is 0.233 e. The lowest BCUT2D eigenvalue weighted by molar-refractivity contribution is -0.130. The third kappa shape index (κ3) is 6.06. The summed E-state index contributed by atoms with van der Waals surface area (Å²) in [5.41, 5.74) is 0.840. The van der Waals surface area contributed by atoms with E-state index in [2.05, 4.69) is 15.5 Å². The second-order valence-electron chi connectivity index (χ2n) is 7.72. The highest BCUT2D eigenvalue weighted by atomic mass is 32.2. The van der Waals surface area contributed by atoms with Crippen LogP contribution in [0, 0.1) is 0 Å². The van der Waals surface area contributed by atoms with Gasteiger partial charge >= 0.3 is 0 Å². The van der Waals surface area contributed by atoms with E-state index in [1.54, 1.807) is 4.90 Å². The summed E-state index contributed by atoms with van der Waals surface area (Å²) in [5.74, 6) is 1.52. The number of carbonyl (C=O) groups is 2. The molecule has 1 unspecified atom stereocenters. The van der Waals surface area contributed by atoms with Gasteiger partial charge in [-0.2, -0.15) is 0 Å². The molecule has 1 aromatic heterocycles. The number of amides is 2. The maximum absolute atomic E-state index is 12.9. The summed E-state index contributed by atoms with van der Waals surface area (Å²) in [7, 11) is 0. The van der Waals surface area contributed by atoms with Gasteiger partial charge in [0.25, 0.3) is 0 Å². The van der Waals surface area contributed by atoms with Gasteiger partial charge < -0.3 is 19.7 Å². The Kier molecular flexibility index (Phi) is 8.02. The summed E-state index contributed by atoms with van der Waals surface area (Å²) in [6.45, 7) is 4.60. The minimum absolute atomic E-state index is 0.0250. The van der Waals surface area contributed by atoms with Gasteiger partial charge in [0.2, 0.25) is 23.7 Å². The van der Waals surface area contributed by atoms with Crippen molar-refractivity contribution < 1.29 is 19.1 Å². The number of carbonyl (C=O) groups excluding carboxylic acids is 2. The molecule has 1 aliphatic rings. The zero-order chi connectivity index (χ0) is 23.9. The van der Waals surface area contributed by atoms with Crippen LogP contribution in [0.25, 0.3) is 10.6 Å². The van der Waals surface area contributed by atoms with E-state index < -0.39 is 0 Å². The zero-order valence-corrected chi connectivity index (χ0v) is 20.7. The molecule has 0 saturated carbocycles. The van der Waals surface area contributed by atoms with Crippen LogP contribution in [0.3, 0.4) is 0 Å². The molecule has 0 bridgehead atoms. The first-order chi connectivity index (χ1) is 16.5. The van der Waals surface area contributed by atoms with Crippen LogP contribution in [0.5, 0.6) is 11.5 Å². The average Bonchev–Trinajstić information content (AvgIpc) is 3.52. The van der Waals surface area contributed by atoms with Gasteiger partial charge in [-0.1, -0.05) is 36.5 Å². The summed E-state index contributed by atoms with van der Waals surface area (Å²) in [6.07, 6.45) is 1.00. The third-order valence-electron chi connectivity index (χ3n) is 5.42. The Morgan fingerprint density at radius 1 is 1.15 bits per heavy atom. The van der Waals surface area contributed by atoms with Gasteiger partial charge in [-0.25, -0.2) is 0 Å². The number of rotatable bonds is 10. The number of aromatic nitrogens is 2. The summed E-state index contributed by atoms with van der Waals surface area (Å²) < 4.78 is 10.7. The molecule has 0 saturated heterocycles. The van der Waals surface area contributed by atoms with Crippen LogP contribution in [0.4, 0.5) is 5.13 Å². The summed E-state index contributed by atoms with van der Waals surface area (Å²) in [5, 5.41) is 12.1. The lowest BCUT2D eigenvalue weighted by atomic mass is 10.2. The van der Waals surface area contributed by atoms with Crippen molar-refractivity contribution in [2.75, 3.05) is 24.4 Å². The first-order valence-corrected chi connectivity index (χ1v) is 12.8. The summed E-state index contributed by atoms with van der Waals surface area (Å²) in [4.78, 5) is 28.3. The van der Waals surface area contributed by atoms with Crippen molar-refractivity contribution in [2.45, 2.75) is 37.6 Å². The van der Waals surface area contributed by atoms with E-state index in [1.165, 1.54) is 23.1 Å². The fraction of sp³-hybridized carbons (Fsp3) is 0.333. The normalized spacial score (nSPS) is 12.9. The molecule has 10 heteroatoms. The average molecular weight is 499 g/mol. The number of thioether (sulfide) groups is 1. The van der Waals surface area contributed by atoms with Gasteiger partial charge in [0.1, 0.15) is 5.01 Å². The van der Waals surface area contributed by atoms with Crippen LogP contribution < -0.4 is 14.8 Å². The van der Waals surface area contributed by atoms with Gasteiger partial charge in [0.15, 0.2) is 11.5 Å². The van der Waals surface area contributed by atoms with Crippen LogP contribution in [-0.4, -0.2) is 52.0 Å². The Morgan fingerprint density at radius 3 is 2.74 bits per heavy atom. The lowest BCUT2D eigenvalue weighted by Gasteiger charge is -2.28. The number of hydrogen-bond acceptors (Lipinski definition) is 8. The predicted octanol–water partition coefficient (Wildman–Crippen LogP) is 4.68. The van der Waals surface area contributed by atoms with Crippen molar-refractivity contribution in [1.29, 1.82) is 0 Å². The van der Waals surface area contributed by atoms with Crippen molar-refractivity contribution in [3.05, 3.63) is 48.5 Å². The molecule has 2 amide bonds. The van der Waals surface area contributed by atoms with E-state index in [0.717, 1.165) is 16.9 Å². The van der Waals surface area contributed by atoms with Gasteiger partial charge in [-0.15, -0.1) is 22.0 Å². The number of fused-ring (bicyclic) bond motifs is 1. The zero-order valence-electron chi connectivity index (χ0n) is 19.0. The SMILES string of the molecule is CCC(C)N(CCC(=O)Nc1nnc(-c2ccc3c(c2)OCO3)s1)C(=O)CSc1ccccc1. The van der Waals surface area contributed by atoms with Gasteiger partial charge in [0.05, 0.1) is 5.75 Å². The molecule has 1 N–H and O–H groups in total. The van der Waals surface area contributed by atoms with Crippen LogP contribution in [0.15, 0.2) is 53.4 Å². The number of nitrogens with zero attached hydrogens (tertiary/aromatic N) is 3. The molecule has 34 heavy (non-hydrogen) atoms. The Bertz CT molecular complexity index is 1140. The minimum atomic E-state index is -0.204. The van der Waals surface area contributed by atoms with Gasteiger partial charge in [-0.05, 0) is 43.7 Å². The molecule has 0 spiro atoms. The molecule has 3 aromatic rings. The topological polar surface area (TPSA) is 93.7 Å². The number of ether oxygens (including phenoxy) is 2. The fourth-order valence-electron chi connectivity index (χ4n) is 3.38. The molecule has 2 heterocycles. The van der Waals surface area contributed by atoms with Crippen LogP contribution >= 0.6 is 23.1 Å². The molecular weight excluding hydrogens is 472 g/mol. The van der Waals surface area contributed by atoms with Crippen LogP contribution in [0.2, 0.25) is 0 Å². The second kappa shape index (κ2) is 11.3. The molecule has 178 valence electrons. The Morgan fingerprint density at radius 2 is 1.94 bits per heavy atom. The Hall–Kier alpha value is -3.11. The monoisotopic (exact) mass is 498 g/mol. The molecule has 0 radical (unpaired) electrons. The maximum atomic E-state index is 12.9. The van der Waals surface area contributed by atoms with E-state index >= 15 is 0 Å². The number of anilines is 1. The van der Waals surface area contributed by atoms with E-state index in [4.69, 9.17) is 9.47 Å². The van der Waals surface area contributed by atoms with Crippen LogP contribution in [0.1, 0.15) is 26.7 Å². The molecule has 4 rings (SSSR count). The van der Waals surface area contributed by atoms with E-state index in [0.29, 0.717) is 33.9 Å². The van der Waals surface area contributed by atoms with Crippen molar-refractivity contribution in [1.82, 2.24) is 15.1 Å². The van der Waals surface area contributed by atoms with Crippen molar-refractivity contribution in [2.24, 2.45) is 0 Å². The molecule has 0 aliphatic carbocycles. The van der Waals surface area contributed by atoms with Crippen molar-refractivity contribution >= 4 is 40.0 Å². The fourth-order valence-corrected chi connectivity index (χ4v) is 4.94.